The summed E-state index contributed by atoms with van der Waals surface area (Å²) in [5, 5.41) is 16.0. The molecule has 1 saturated heterocycles. The van der Waals surface area contributed by atoms with Crippen molar-refractivity contribution in [1.82, 2.24) is 10.3 Å². The average Bonchev–Trinajstić information content (AvgIpc) is 3.58. The normalized spacial score (nSPS) is 16.4. The highest BCUT2D eigenvalue weighted by Crippen LogP contribution is 2.44. The van der Waals surface area contributed by atoms with E-state index in [2.05, 4.69) is 15.6 Å². The quantitative estimate of drug-likeness (QED) is 0.233. The van der Waals surface area contributed by atoms with Crippen LogP contribution in [-0.2, 0) is 9.53 Å². The number of carbonyl (C=O) groups is 2. The van der Waals surface area contributed by atoms with Gasteiger partial charge < -0.3 is 34.5 Å². The third kappa shape index (κ3) is 5.63. The fourth-order valence-electron chi connectivity index (χ4n) is 4.91. The van der Waals surface area contributed by atoms with Gasteiger partial charge in [0.25, 0.3) is 0 Å². The minimum atomic E-state index is -0.989. The zero-order valence-corrected chi connectivity index (χ0v) is 23.4. The second-order valence-corrected chi connectivity index (χ2v) is 9.79. The molecule has 2 aromatic carbocycles. The van der Waals surface area contributed by atoms with Crippen LogP contribution < -0.4 is 20.3 Å². The number of benzene rings is 2. The van der Waals surface area contributed by atoms with Crippen LogP contribution in [0.5, 0.6) is 5.75 Å². The molecule has 0 aliphatic carbocycles. The van der Waals surface area contributed by atoms with E-state index in [1.807, 2.05) is 48.2 Å². The predicted octanol–water partition coefficient (Wildman–Crippen LogP) is 5.12. The lowest BCUT2D eigenvalue weighted by Gasteiger charge is -2.27. The summed E-state index contributed by atoms with van der Waals surface area (Å²) >= 11 is 5.82. The molecule has 210 valence electrons. The van der Waals surface area contributed by atoms with Gasteiger partial charge in [-0.25, -0.2) is 4.79 Å². The van der Waals surface area contributed by atoms with Gasteiger partial charge in [-0.15, -0.1) is 0 Å². The third-order valence-corrected chi connectivity index (χ3v) is 7.08. The van der Waals surface area contributed by atoms with E-state index in [0.29, 0.717) is 33.8 Å². The van der Waals surface area contributed by atoms with Gasteiger partial charge in [-0.1, -0.05) is 12.1 Å². The predicted molar refractivity (Wildman–Crippen MR) is 157 cm³/mol. The van der Waals surface area contributed by atoms with E-state index in [4.69, 9.17) is 26.1 Å². The summed E-state index contributed by atoms with van der Waals surface area (Å²) in [5.41, 5.74) is 3.68. The molecule has 10 nitrogen and oxygen atoms in total. The van der Waals surface area contributed by atoms with Crippen LogP contribution in [-0.4, -0.2) is 47.9 Å². The Morgan fingerprint density at radius 1 is 1.12 bits per heavy atom. The molecule has 0 saturated carbocycles. The highest BCUT2D eigenvalue weighted by Gasteiger charge is 2.43. The largest absolute Gasteiger partial charge is 0.495 e. The Morgan fingerprint density at radius 2 is 1.95 bits per heavy atom. The number of anilines is 2. The molecule has 41 heavy (non-hydrogen) atoms. The first-order chi connectivity index (χ1) is 19.8. The SMILES string of the molecule is COCC(=O)Nc1cc(N2C(=S)N[C@H](c3ccccn3)[C@H]2c2ccc(-c3ccc(C(=O)O)cc3C)o2)ccc1OC. The molecule has 0 bridgehead atoms. The second-order valence-electron chi connectivity index (χ2n) is 9.40. The van der Waals surface area contributed by atoms with Crippen molar-refractivity contribution >= 4 is 40.6 Å². The van der Waals surface area contributed by atoms with E-state index < -0.39 is 12.0 Å². The van der Waals surface area contributed by atoms with Crippen LogP contribution in [0.1, 0.15) is 39.5 Å². The molecular weight excluding hydrogens is 544 g/mol. The summed E-state index contributed by atoms with van der Waals surface area (Å²) in [6, 6.07) is 18.9. The van der Waals surface area contributed by atoms with Crippen molar-refractivity contribution in [2.75, 3.05) is 31.0 Å². The lowest BCUT2D eigenvalue weighted by Crippen LogP contribution is -2.29. The summed E-state index contributed by atoms with van der Waals surface area (Å²) in [6.07, 6.45) is 1.72. The van der Waals surface area contributed by atoms with Crippen molar-refractivity contribution in [3.05, 3.63) is 95.5 Å². The van der Waals surface area contributed by atoms with Crippen LogP contribution in [0.3, 0.4) is 0 Å². The number of amides is 1. The number of carboxylic acid groups (broad SMARTS) is 1. The monoisotopic (exact) mass is 572 g/mol. The van der Waals surface area contributed by atoms with Crippen LogP contribution in [0.4, 0.5) is 11.4 Å². The number of methoxy groups -OCH3 is 2. The third-order valence-electron chi connectivity index (χ3n) is 6.77. The van der Waals surface area contributed by atoms with Crippen molar-refractivity contribution in [3.63, 3.8) is 0 Å². The topological polar surface area (TPSA) is 126 Å². The number of thiocarbonyl (C=S) groups is 1. The number of hydrogen-bond donors (Lipinski definition) is 3. The molecule has 1 aliphatic rings. The minimum Gasteiger partial charge on any atom is -0.495 e. The zero-order valence-electron chi connectivity index (χ0n) is 22.6. The van der Waals surface area contributed by atoms with Gasteiger partial charge in [0, 0.05) is 24.6 Å². The number of carboxylic acids is 1. The highest BCUT2D eigenvalue weighted by atomic mass is 32.1. The smallest absolute Gasteiger partial charge is 0.335 e. The molecule has 0 unspecified atom stereocenters. The second kappa shape index (κ2) is 11.8. The summed E-state index contributed by atoms with van der Waals surface area (Å²) in [6.45, 7) is 1.74. The first-order valence-electron chi connectivity index (χ1n) is 12.7. The Balaban J connectivity index is 1.58. The van der Waals surface area contributed by atoms with Crippen molar-refractivity contribution < 1.29 is 28.6 Å². The van der Waals surface area contributed by atoms with Gasteiger partial charge >= 0.3 is 5.97 Å². The Hall–Kier alpha value is -4.74. The first-order valence-corrected chi connectivity index (χ1v) is 13.1. The van der Waals surface area contributed by atoms with E-state index >= 15 is 0 Å². The van der Waals surface area contributed by atoms with Crippen LogP contribution in [0, 0.1) is 6.92 Å². The lowest BCUT2D eigenvalue weighted by molar-refractivity contribution is -0.119. The average molecular weight is 573 g/mol. The lowest BCUT2D eigenvalue weighted by atomic mass is 10.0. The summed E-state index contributed by atoms with van der Waals surface area (Å²) in [5.74, 6) is 0.374. The standard InChI is InChI=1S/C30H28N4O6S/c1-17-14-18(29(36)37)7-9-20(17)23-11-12-25(40-23)28-27(21-6-4-5-13-31-21)33-30(41)34(28)19-8-10-24(39-3)22(15-19)32-26(35)16-38-2/h4-15,27-28H,16H2,1-3H3,(H,32,35)(H,33,41)(H,36,37)/t27-,28-/m1/s1. The molecule has 1 aliphatic heterocycles. The number of ether oxygens (including phenoxy) is 2. The van der Waals surface area contributed by atoms with Crippen LogP contribution in [0.15, 0.2) is 77.3 Å². The van der Waals surface area contributed by atoms with Gasteiger partial charge in [0.15, 0.2) is 5.11 Å². The molecule has 5 rings (SSSR count). The molecule has 1 amide bonds. The Bertz CT molecular complexity index is 1610. The van der Waals surface area contributed by atoms with E-state index in [9.17, 15) is 14.7 Å². The van der Waals surface area contributed by atoms with Crippen molar-refractivity contribution in [2.24, 2.45) is 0 Å². The fourth-order valence-corrected chi connectivity index (χ4v) is 5.26. The van der Waals surface area contributed by atoms with E-state index in [1.54, 1.807) is 36.5 Å². The van der Waals surface area contributed by atoms with Crippen molar-refractivity contribution in [2.45, 2.75) is 19.0 Å². The number of rotatable bonds is 9. The maximum absolute atomic E-state index is 12.3. The maximum atomic E-state index is 12.3. The number of aryl methyl sites for hydroxylation is 1. The number of hydrogen-bond acceptors (Lipinski definition) is 7. The molecule has 1 fully saturated rings. The Kier molecular flexibility index (Phi) is 7.99. The molecule has 2 aromatic heterocycles. The van der Waals surface area contributed by atoms with E-state index in [-0.39, 0.29) is 24.1 Å². The number of nitrogens with zero attached hydrogens (tertiary/aromatic N) is 2. The molecule has 11 heteroatoms. The molecule has 4 aromatic rings. The highest BCUT2D eigenvalue weighted by molar-refractivity contribution is 7.80. The minimum absolute atomic E-state index is 0.108. The molecule has 0 radical (unpaired) electrons. The van der Waals surface area contributed by atoms with Gasteiger partial charge in [-0.05, 0) is 79.3 Å². The van der Waals surface area contributed by atoms with Crippen LogP contribution >= 0.6 is 12.2 Å². The molecule has 2 atom stereocenters. The molecular formula is C30H28N4O6S. The van der Waals surface area contributed by atoms with Crippen LogP contribution in [0.2, 0.25) is 0 Å². The fraction of sp³-hybridized carbons (Fsp3) is 0.200. The van der Waals surface area contributed by atoms with Gasteiger partial charge in [0.1, 0.15) is 29.9 Å². The number of aromatic carboxylic acids is 1. The number of pyridine rings is 1. The number of furan rings is 1. The summed E-state index contributed by atoms with van der Waals surface area (Å²) in [7, 11) is 2.97. The van der Waals surface area contributed by atoms with Gasteiger partial charge in [-0.3, -0.25) is 9.78 Å². The Labute approximate surface area is 241 Å². The zero-order chi connectivity index (χ0) is 29.1. The van der Waals surface area contributed by atoms with E-state index in [1.165, 1.54) is 14.2 Å². The molecule has 3 heterocycles. The van der Waals surface area contributed by atoms with Crippen LogP contribution in [0.25, 0.3) is 11.3 Å². The number of aromatic nitrogens is 1. The summed E-state index contributed by atoms with van der Waals surface area (Å²) in [4.78, 5) is 30.2. The first kappa shape index (κ1) is 27.8. The van der Waals surface area contributed by atoms with Gasteiger partial charge in [-0.2, -0.15) is 0 Å². The number of carbonyl (C=O) groups excluding carboxylic acids is 1. The summed E-state index contributed by atoms with van der Waals surface area (Å²) < 4.78 is 16.9. The van der Waals surface area contributed by atoms with Crippen molar-refractivity contribution in [1.29, 1.82) is 0 Å². The van der Waals surface area contributed by atoms with E-state index in [0.717, 1.165) is 16.8 Å². The van der Waals surface area contributed by atoms with Gasteiger partial charge in [0.05, 0.1) is 30.1 Å². The molecule has 3 N–H and O–H groups in total. The molecule has 0 spiro atoms. The number of nitrogens with one attached hydrogen (secondary N) is 2. The maximum Gasteiger partial charge on any atom is 0.335 e. The van der Waals surface area contributed by atoms with Crippen molar-refractivity contribution in [3.8, 4) is 17.1 Å². The Morgan fingerprint density at radius 3 is 2.63 bits per heavy atom. The van der Waals surface area contributed by atoms with Gasteiger partial charge in [0.2, 0.25) is 5.91 Å².